The molecule has 3 rings (SSSR count). The van der Waals surface area contributed by atoms with Gasteiger partial charge in [-0.2, -0.15) is 13.2 Å². The first kappa shape index (κ1) is 17.2. The maximum Gasteiger partial charge on any atom is 0.442 e. The van der Waals surface area contributed by atoms with Crippen molar-refractivity contribution in [2.45, 2.75) is 43.0 Å². The number of hydrogen-bond acceptors (Lipinski definition) is 7. The minimum atomic E-state index is -4.62. The predicted molar refractivity (Wildman–Crippen MR) is 71.6 cm³/mol. The Morgan fingerprint density at radius 2 is 1.92 bits per heavy atom. The molecule has 0 unspecified atom stereocenters. The molecule has 0 spiro atoms. The van der Waals surface area contributed by atoms with Gasteiger partial charge in [0.15, 0.2) is 6.29 Å². The lowest BCUT2D eigenvalue weighted by molar-refractivity contribution is -0.175. The average Bonchev–Trinajstić information content (AvgIpc) is 3.31. The first-order valence-electron chi connectivity index (χ1n) is 7.13. The molecule has 7 nitrogen and oxygen atoms in total. The minimum Gasteiger partial charge on any atom is -0.394 e. The van der Waals surface area contributed by atoms with E-state index in [0.29, 0.717) is 5.56 Å². The molecule has 132 valence electrons. The molecule has 0 aliphatic carbocycles. The standard InChI is InChI=1S/C14H15F3N2O5/c15-14(16,17)13(18-19-13)8-3-1-2-7(4-8)6-23-12-11(22)10(21)9(5-20)24-12/h1-4,9-12,20-22H,5-6H2/t9-,10-,11-,12-/m1/s1. The lowest BCUT2D eigenvalue weighted by atomic mass is 10.0. The number of aliphatic hydroxyl groups is 3. The fourth-order valence-electron chi connectivity index (χ4n) is 2.50. The van der Waals surface area contributed by atoms with E-state index in [1.807, 2.05) is 0 Å². The highest BCUT2D eigenvalue weighted by Gasteiger charge is 2.65. The molecule has 24 heavy (non-hydrogen) atoms. The van der Waals surface area contributed by atoms with Crippen molar-refractivity contribution in [1.29, 1.82) is 0 Å². The Labute approximate surface area is 134 Å². The number of hydrogen-bond donors (Lipinski definition) is 3. The summed E-state index contributed by atoms with van der Waals surface area (Å²) in [6.45, 7) is -0.654. The molecule has 0 bridgehead atoms. The molecular formula is C14H15F3N2O5. The molecule has 0 amide bonds. The van der Waals surface area contributed by atoms with Crippen molar-refractivity contribution < 1.29 is 38.0 Å². The zero-order valence-corrected chi connectivity index (χ0v) is 12.2. The molecular weight excluding hydrogens is 333 g/mol. The van der Waals surface area contributed by atoms with Crippen molar-refractivity contribution in [2.24, 2.45) is 10.2 Å². The molecule has 2 aliphatic heterocycles. The molecule has 10 heteroatoms. The van der Waals surface area contributed by atoms with Gasteiger partial charge in [-0.05, 0) is 11.6 Å². The molecule has 1 aromatic rings. The molecule has 3 N–H and O–H groups in total. The quantitative estimate of drug-likeness (QED) is 0.731. The van der Waals surface area contributed by atoms with E-state index in [2.05, 4.69) is 10.2 Å². The van der Waals surface area contributed by atoms with Crippen molar-refractivity contribution in [2.75, 3.05) is 6.61 Å². The van der Waals surface area contributed by atoms with Gasteiger partial charge < -0.3 is 24.8 Å². The summed E-state index contributed by atoms with van der Waals surface area (Å²) in [5, 5.41) is 34.6. The summed E-state index contributed by atoms with van der Waals surface area (Å²) in [5.74, 6) is 0. The topological polar surface area (TPSA) is 104 Å². The summed E-state index contributed by atoms with van der Waals surface area (Å²) in [7, 11) is 0. The van der Waals surface area contributed by atoms with Gasteiger partial charge in [-0.15, -0.1) is 10.2 Å². The Hall–Kier alpha value is -1.59. The maximum atomic E-state index is 13.0. The Morgan fingerprint density at radius 1 is 1.21 bits per heavy atom. The van der Waals surface area contributed by atoms with Crippen LogP contribution in [0.4, 0.5) is 13.2 Å². The van der Waals surface area contributed by atoms with E-state index in [0.717, 1.165) is 0 Å². The van der Waals surface area contributed by atoms with Crippen LogP contribution in [-0.4, -0.2) is 52.7 Å². The lowest BCUT2D eigenvalue weighted by Crippen LogP contribution is -2.34. The first-order chi connectivity index (χ1) is 11.3. The van der Waals surface area contributed by atoms with Crippen molar-refractivity contribution >= 4 is 0 Å². The van der Waals surface area contributed by atoms with Crippen LogP contribution >= 0.6 is 0 Å². The molecule has 0 radical (unpaired) electrons. The van der Waals surface area contributed by atoms with Crippen LogP contribution in [-0.2, 0) is 21.7 Å². The Kier molecular flexibility index (Phi) is 4.34. The van der Waals surface area contributed by atoms with E-state index in [1.54, 1.807) is 0 Å². The van der Waals surface area contributed by atoms with E-state index in [9.17, 15) is 23.4 Å². The van der Waals surface area contributed by atoms with Crippen LogP contribution in [0.2, 0.25) is 0 Å². The van der Waals surface area contributed by atoms with Gasteiger partial charge in [0.25, 0.3) is 0 Å². The normalized spacial score (nSPS) is 31.4. The summed E-state index contributed by atoms with van der Waals surface area (Å²) >= 11 is 0. The van der Waals surface area contributed by atoms with E-state index in [1.165, 1.54) is 24.3 Å². The third kappa shape index (κ3) is 2.91. The minimum absolute atomic E-state index is 0.128. The van der Waals surface area contributed by atoms with Gasteiger partial charge in [-0.3, -0.25) is 0 Å². The van der Waals surface area contributed by atoms with Gasteiger partial charge in [-0.25, -0.2) is 0 Å². The molecule has 2 aliphatic rings. The summed E-state index contributed by atoms with van der Waals surface area (Å²) < 4.78 is 49.4. The van der Waals surface area contributed by atoms with Crippen molar-refractivity contribution in [3.8, 4) is 0 Å². The van der Waals surface area contributed by atoms with Gasteiger partial charge >= 0.3 is 11.8 Å². The summed E-state index contributed by atoms with van der Waals surface area (Å²) in [5.41, 5.74) is -2.24. The van der Waals surface area contributed by atoms with Crippen LogP contribution in [0.5, 0.6) is 0 Å². The number of rotatable bonds is 5. The predicted octanol–water partition coefficient (Wildman–Crippen LogP) is 0.823. The Morgan fingerprint density at radius 3 is 2.46 bits per heavy atom. The maximum absolute atomic E-state index is 13.0. The van der Waals surface area contributed by atoms with Crippen LogP contribution in [0.3, 0.4) is 0 Å². The highest BCUT2D eigenvalue weighted by Crippen LogP contribution is 2.52. The molecule has 1 fully saturated rings. The Balaban J connectivity index is 1.66. The Bertz CT molecular complexity index is 633. The first-order valence-corrected chi connectivity index (χ1v) is 7.13. The summed E-state index contributed by atoms with van der Waals surface area (Å²) in [4.78, 5) is 0. The van der Waals surface area contributed by atoms with Crippen LogP contribution in [0, 0.1) is 0 Å². The zero-order valence-electron chi connectivity index (χ0n) is 12.2. The number of ether oxygens (including phenoxy) is 2. The fraction of sp³-hybridized carbons (Fsp3) is 0.571. The molecule has 1 aromatic carbocycles. The smallest absolute Gasteiger partial charge is 0.394 e. The number of halogens is 3. The molecule has 4 atom stereocenters. The average molecular weight is 348 g/mol. The highest BCUT2D eigenvalue weighted by atomic mass is 19.4. The molecule has 1 saturated heterocycles. The third-order valence-electron chi connectivity index (χ3n) is 3.94. The molecule has 2 heterocycles. The lowest BCUT2D eigenvalue weighted by Gasteiger charge is -2.17. The van der Waals surface area contributed by atoms with Gasteiger partial charge in [0.2, 0.25) is 0 Å². The number of benzene rings is 1. The second-order valence-electron chi connectivity index (χ2n) is 5.59. The van der Waals surface area contributed by atoms with E-state index in [4.69, 9.17) is 14.6 Å². The SMILES string of the molecule is OC[C@H]1O[C@@H](OCc2cccc(C3(C(F)(F)F)N=N3)c2)[C@H](O)[C@@H]1O. The number of aliphatic hydroxyl groups excluding tert-OH is 3. The second kappa shape index (κ2) is 6.05. The highest BCUT2D eigenvalue weighted by molar-refractivity contribution is 5.33. The van der Waals surface area contributed by atoms with E-state index < -0.39 is 43.0 Å². The van der Waals surface area contributed by atoms with Gasteiger partial charge in [0.1, 0.15) is 18.3 Å². The molecule has 0 aromatic heterocycles. The number of nitrogens with zero attached hydrogens (tertiary/aromatic N) is 2. The third-order valence-corrected chi connectivity index (χ3v) is 3.94. The van der Waals surface area contributed by atoms with Crippen LogP contribution < -0.4 is 0 Å². The van der Waals surface area contributed by atoms with Crippen LogP contribution in [0.1, 0.15) is 11.1 Å². The fourth-order valence-corrected chi connectivity index (χ4v) is 2.50. The molecule has 0 saturated carbocycles. The van der Waals surface area contributed by atoms with Gasteiger partial charge in [0, 0.05) is 5.56 Å². The summed E-state index contributed by atoms with van der Waals surface area (Å²) in [6, 6.07) is 5.48. The van der Waals surface area contributed by atoms with Crippen molar-refractivity contribution in [3.63, 3.8) is 0 Å². The number of alkyl halides is 3. The van der Waals surface area contributed by atoms with Gasteiger partial charge in [-0.1, -0.05) is 18.2 Å². The van der Waals surface area contributed by atoms with Crippen molar-refractivity contribution in [3.05, 3.63) is 35.4 Å². The monoisotopic (exact) mass is 348 g/mol. The van der Waals surface area contributed by atoms with E-state index >= 15 is 0 Å². The van der Waals surface area contributed by atoms with Crippen LogP contribution in [0.25, 0.3) is 0 Å². The van der Waals surface area contributed by atoms with Gasteiger partial charge in [0.05, 0.1) is 13.2 Å². The largest absolute Gasteiger partial charge is 0.442 e. The van der Waals surface area contributed by atoms with E-state index in [-0.39, 0.29) is 12.2 Å². The van der Waals surface area contributed by atoms with Crippen molar-refractivity contribution in [1.82, 2.24) is 0 Å². The second-order valence-corrected chi connectivity index (χ2v) is 5.59. The van der Waals surface area contributed by atoms with Crippen LogP contribution in [0.15, 0.2) is 34.5 Å². The zero-order chi connectivity index (χ0) is 17.5. The summed E-state index contributed by atoms with van der Waals surface area (Å²) in [6.07, 6.45) is -9.44.